The molecule has 15 heavy (non-hydrogen) atoms. The number of carbonyl (C=O) groups excluding carboxylic acids is 1. The summed E-state index contributed by atoms with van der Waals surface area (Å²) >= 11 is 0. The summed E-state index contributed by atoms with van der Waals surface area (Å²) < 4.78 is 4.94. The van der Waals surface area contributed by atoms with Crippen LogP contribution in [0, 0.1) is 5.41 Å². The first-order valence-electron chi connectivity index (χ1n) is 5.47. The lowest BCUT2D eigenvalue weighted by Gasteiger charge is -2.40. The van der Waals surface area contributed by atoms with Crippen LogP contribution in [0.3, 0.4) is 0 Å². The highest BCUT2D eigenvalue weighted by Gasteiger charge is 2.37. The quantitative estimate of drug-likeness (QED) is 0.802. The Bertz CT molecular complexity index is 320. The molecule has 0 saturated heterocycles. The summed E-state index contributed by atoms with van der Waals surface area (Å²) in [6, 6.07) is 1.84. The van der Waals surface area contributed by atoms with Crippen molar-refractivity contribution in [3.05, 3.63) is 24.2 Å². The Kier molecular flexibility index (Phi) is 2.91. The molecule has 1 aliphatic carbocycles. The van der Waals surface area contributed by atoms with Gasteiger partial charge in [0.05, 0.1) is 12.5 Å². The van der Waals surface area contributed by atoms with E-state index in [0.717, 1.165) is 18.4 Å². The lowest BCUT2D eigenvalue weighted by Crippen LogP contribution is -2.39. The van der Waals surface area contributed by atoms with Gasteiger partial charge in [0.1, 0.15) is 5.78 Å². The number of ketones is 1. The molecule has 0 radical (unpaired) electrons. The van der Waals surface area contributed by atoms with Crippen LogP contribution in [0.4, 0.5) is 0 Å². The highest BCUT2D eigenvalue weighted by molar-refractivity contribution is 5.81. The van der Waals surface area contributed by atoms with Gasteiger partial charge in [-0.25, -0.2) is 0 Å². The molecule has 82 valence electrons. The van der Waals surface area contributed by atoms with Crippen molar-refractivity contribution < 1.29 is 9.21 Å². The highest BCUT2D eigenvalue weighted by atomic mass is 16.3. The average molecular weight is 207 g/mol. The zero-order valence-electron chi connectivity index (χ0n) is 8.87. The normalized spacial score (nSPS) is 18.5. The van der Waals surface area contributed by atoms with E-state index >= 15 is 0 Å². The third kappa shape index (κ3) is 2.29. The standard InChI is InChI=1S/C12H17NO2/c13-9-12(3-1-4-12)7-11(14)6-10-2-5-15-8-10/h2,5,8H,1,3-4,6-7,9,13H2. The lowest BCUT2D eigenvalue weighted by atomic mass is 9.65. The Morgan fingerprint density at radius 2 is 2.33 bits per heavy atom. The predicted octanol–water partition coefficient (Wildman–Crippen LogP) is 1.91. The minimum Gasteiger partial charge on any atom is -0.472 e. The summed E-state index contributed by atoms with van der Waals surface area (Å²) in [5.41, 5.74) is 6.81. The zero-order chi connectivity index (χ0) is 10.7. The van der Waals surface area contributed by atoms with Crippen molar-refractivity contribution in [3.63, 3.8) is 0 Å². The molecule has 1 heterocycles. The van der Waals surface area contributed by atoms with E-state index < -0.39 is 0 Å². The second kappa shape index (κ2) is 4.19. The minimum atomic E-state index is 0.126. The van der Waals surface area contributed by atoms with Crippen molar-refractivity contribution in [1.82, 2.24) is 0 Å². The lowest BCUT2D eigenvalue weighted by molar-refractivity contribution is -0.122. The summed E-state index contributed by atoms with van der Waals surface area (Å²) in [6.45, 7) is 0.643. The molecule has 2 rings (SSSR count). The van der Waals surface area contributed by atoms with Gasteiger partial charge in [-0.05, 0) is 36.4 Å². The van der Waals surface area contributed by atoms with Gasteiger partial charge in [0, 0.05) is 12.8 Å². The summed E-state index contributed by atoms with van der Waals surface area (Å²) in [7, 11) is 0. The third-order valence-corrected chi connectivity index (χ3v) is 3.40. The Hall–Kier alpha value is -1.09. The van der Waals surface area contributed by atoms with Gasteiger partial charge < -0.3 is 10.2 Å². The Morgan fingerprint density at radius 3 is 2.80 bits per heavy atom. The second-order valence-electron chi connectivity index (χ2n) is 4.58. The predicted molar refractivity (Wildman–Crippen MR) is 57.4 cm³/mol. The molecule has 1 aromatic heterocycles. The molecule has 1 saturated carbocycles. The van der Waals surface area contributed by atoms with Crippen molar-refractivity contribution >= 4 is 5.78 Å². The first-order valence-corrected chi connectivity index (χ1v) is 5.47. The van der Waals surface area contributed by atoms with Crippen LogP contribution in [0.25, 0.3) is 0 Å². The van der Waals surface area contributed by atoms with E-state index in [2.05, 4.69) is 0 Å². The summed E-state index contributed by atoms with van der Waals surface area (Å²) in [5, 5.41) is 0. The van der Waals surface area contributed by atoms with E-state index in [1.807, 2.05) is 6.07 Å². The summed E-state index contributed by atoms with van der Waals surface area (Å²) in [4.78, 5) is 11.8. The summed E-state index contributed by atoms with van der Waals surface area (Å²) in [5.74, 6) is 0.279. The molecule has 0 amide bonds. The molecule has 0 aliphatic heterocycles. The van der Waals surface area contributed by atoms with Crippen LogP contribution < -0.4 is 5.73 Å². The van der Waals surface area contributed by atoms with Gasteiger partial charge in [0.2, 0.25) is 0 Å². The average Bonchev–Trinajstić information content (AvgIpc) is 2.64. The maximum Gasteiger partial charge on any atom is 0.137 e. The van der Waals surface area contributed by atoms with Gasteiger partial charge in [0.25, 0.3) is 0 Å². The van der Waals surface area contributed by atoms with Crippen molar-refractivity contribution in [2.45, 2.75) is 32.1 Å². The molecule has 1 fully saturated rings. The van der Waals surface area contributed by atoms with Crippen LogP contribution in [0.5, 0.6) is 0 Å². The van der Waals surface area contributed by atoms with E-state index in [4.69, 9.17) is 10.2 Å². The van der Waals surface area contributed by atoms with E-state index in [1.165, 1.54) is 6.42 Å². The minimum absolute atomic E-state index is 0.126. The Morgan fingerprint density at radius 1 is 1.53 bits per heavy atom. The van der Waals surface area contributed by atoms with Crippen molar-refractivity contribution in [1.29, 1.82) is 0 Å². The van der Waals surface area contributed by atoms with Crippen molar-refractivity contribution in [2.75, 3.05) is 6.54 Å². The number of hydrogen-bond donors (Lipinski definition) is 1. The maximum absolute atomic E-state index is 11.8. The maximum atomic E-state index is 11.8. The molecule has 1 aromatic rings. The highest BCUT2D eigenvalue weighted by Crippen LogP contribution is 2.43. The summed E-state index contributed by atoms with van der Waals surface area (Å²) in [6.07, 6.45) is 7.79. The monoisotopic (exact) mass is 207 g/mol. The zero-order valence-corrected chi connectivity index (χ0v) is 8.87. The smallest absolute Gasteiger partial charge is 0.137 e. The van der Waals surface area contributed by atoms with E-state index in [9.17, 15) is 4.79 Å². The molecule has 3 heteroatoms. The van der Waals surface area contributed by atoms with Gasteiger partial charge in [-0.3, -0.25) is 4.79 Å². The van der Waals surface area contributed by atoms with Crippen LogP contribution in [0.1, 0.15) is 31.2 Å². The first-order chi connectivity index (χ1) is 7.24. The molecule has 0 aromatic carbocycles. The number of nitrogens with two attached hydrogens (primary N) is 1. The Labute approximate surface area is 89.6 Å². The largest absolute Gasteiger partial charge is 0.472 e. The number of carbonyl (C=O) groups is 1. The number of rotatable bonds is 5. The molecule has 1 aliphatic rings. The molecular weight excluding hydrogens is 190 g/mol. The van der Waals surface area contributed by atoms with Crippen LogP contribution in [0.2, 0.25) is 0 Å². The van der Waals surface area contributed by atoms with E-state index in [1.54, 1.807) is 12.5 Å². The van der Waals surface area contributed by atoms with Crippen LogP contribution in [-0.2, 0) is 11.2 Å². The SMILES string of the molecule is NCC1(CC(=O)Cc2ccoc2)CCC1. The topological polar surface area (TPSA) is 56.2 Å². The molecule has 0 unspecified atom stereocenters. The second-order valence-corrected chi connectivity index (χ2v) is 4.58. The molecule has 0 spiro atoms. The van der Waals surface area contributed by atoms with Crippen molar-refractivity contribution in [3.8, 4) is 0 Å². The van der Waals surface area contributed by atoms with E-state index in [-0.39, 0.29) is 11.2 Å². The first kappa shape index (κ1) is 10.4. The molecule has 0 bridgehead atoms. The van der Waals surface area contributed by atoms with Crippen LogP contribution >= 0.6 is 0 Å². The molecule has 3 nitrogen and oxygen atoms in total. The van der Waals surface area contributed by atoms with Gasteiger partial charge in [-0.15, -0.1) is 0 Å². The van der Waals surface area contributed by atoms with Gasteiger partial charge in [-0.1, -0.05) is 6.42 Å². The number of hydrogen-bond acceptors (Lipinski definition) is 3. The fourth-order valence-corrected chi connectivity index (χ4v) is 2.23. The number of furan rings is 1. The van der Waals surface area contributed by atoms with Crippen LogP contribution in [0.15, 0.2) is 23.0 Å². The molecule has 0 atom stereocenters. The third-order valence-electron chi connectivity index (χ3n) is 3.40. The van der Waals surface area contributed by atoms with Gasteiger partial charge in [0.15, 0.2) is 0 Å². The fraction of sp³-hybridized carbons (Fsp3) is 0.583. The number of Topliss-reactive ketones (excluding diaryl/α,β-unsaturated/α-hetero) is 1. The molecular formula is C12H17NO2. The van der Waals surface area contributed by atoms with Gasteiger partial charge >= 0.3 is 0 Å². The fourth-order valence-electron chi connectivity index (χ4n) is 2.23. The molecule has 2 N–H and O–H groups in total. The van der Waals surface area contributed by atoms with Gasteiger partial charge in [-0.2, -0.15) is 0 Å². The van der Waals surface area contributed by atoms with Crippen LogP contribution in [-0.4, -0.2) is 12.3 Å². The van der Waals surface area contributed by atoms with E-state index in [0.29, 0.717) is 19.4 Å². The Balaban J connectivity index is 1.87. The van der Waals surface area contributed by atoms with Crippen molar-refractivity contribution in [2.24, 2.45) is 11.1 Å².